The molecule has 2 nitrogen and oxygen atoms in total. The zero-order valence-corrected chi connectivity index (χ0v) is 11.2. The summed E-state index contributed by atoms with van der Waals surface area (Å²) in [4.78, 5) is 4.31. The molecular formula is C15H17F3N2. The molecule has 1 aromatic heterocycles. The Labute approximate surface area is 116 Å². The summed E-state index contributed by atoms with van der Waals surface area (Å²) < 4.78 is 36.3. The Morgan fingerprint density at radius 3 is 2.70 bits per heavy atom. The number of pyridine rings is 1. The standard InChI is InChI=1S/C15H17F3N2/c1-11(5-3-9-15(16,17)18)20-13-8-2-6-12-7-4-10-19-14(12)13/h2,4,6-8,10-11,20H,3,5,9H2,1H3. The maximum absolute atomic E-state index is 12.1. The number of para-hydroxylation sites is 1. The van der Waals surface area contributed by atoms with Crippen LogP contribution >= 0.6 is 0 Å². The second-order valence-electron chi connectivity index (χ2n) is 4.93. The van der Waals surface area contributed by atoms with Crippen LogP contribution in [0.5, 0.6) is 0 Å². The van der Waals surface area contributed by atoms with E-state index in [1.54, 1.807) is 6.20 Å². The lowest BCUT2D eigenvalue weighted by atomic mass is 10.1. The number of hydrogen-bond acceptors (Lipinski definition) is 2. The summed E-state index contributed by atoms with van der Waals surface area (Å²) in [6, 6.07) is 9.57. The fraction of sp³-hybridized carbons (Fsp3) is 0.400. The van der Waals surface area contributed by atoms with Crippen LogP contribution in [0.4, 0.5) is 18.9 Å². The molecule has 2 aromatic rings. The largest absolute Gasteiger partial charge is 0.389 e. The predicted molar refractivity (Wildman–Crippen MR) is 74.7 cm³/mol. The number of nitrogens with zero attached hydrogens (tertiary/aromatic N) is 1. The predicted octanol–water partition coefficient (Wildman–Crippen LogP) is 4.77. The molecule has 0 radical (unpaired) electrons. The summed E-state index contributed by atoms with van der Waals surface area (Å²) in [5.74, 6) is 0. The number of hydrogen-bond donors (Lipinski definition) is 1. The molecule has 0 spiro atoms. The molecule has 108 valence electrons. The summed E-state index contributed by atoms with van der Waals surface area (Å²) in [5.41, 5.74) is 1.71. The van der Waals surface area contributed by atoms with Crippen LogP contribution in [0.15, 0.2) is 36.5 Å². The number of aromatic nitrogens is 1. The summed E-state index contributed by atoms with van der Waals surface area (Å²) >= 11 is 0. The van der Waals surface area contributed by atoms with Crippen molar-refractivity contribution in [1.29, 1.82) is 0 Å². The van der Waals surface area contributed by atoms with Crippen molar-refractivity contribution in [3.63, 3.8) is 0 Å². The lowest BCUT2D eigenvalue weighted by Crippen LogP contribution is -2.17. The third-order valence-corrected chi connectivity index (χ3v) is 3.13. The van der Waals surface area contributed by atoms with Gasteiger partial charge in [-0.3, -0.25) is 4.98 Å². The molecule has 0 fully saturated rings. The Hall–Kier alpha value is -1.78. The van der Waals surface area contributed by atoms with Gasteiger partial charge in [-0.1, -0.05) is 18.2 Å². The van der Waals surface area contributed by atoms with E-state index in [1.165, 1.54) is 0 Å². The van der Waals surface area contributed by atoms with Gasteiger partial charge in [0.1, 0.15) is 0 Å². The minimum absolute atomic E-state index is 0.0232. The van der Waals surface area contributed by atoms with Gasteiger partial charge in [0.15, 0.2) is 0 Å². The van der Waals surface area contributed by atoms with Crippen molar-refractivity contribution in [2.24, 2.45) is 0 Å². The first kappa shape index (κ1) is 14.6. The van der Waals surface area contributed by atoms with E-state index in [4.69, 9.17) is 0 Å². The molecule has 1 atom stereocenters. The van der Waals surface area contributed by atoms with Crippen molar-refractivity contribution < 1.29 is 13.2 Å². The second-order valence-corrected chi connectivity index (χ2v) is 4.93. The summed E-state index contributed by atoms with van der Waals surface area (Å²) in [6.45, 7) is 1.89. The van der Waals surface area contributed by atoms with Crippen molar-refractivity contribution in [2.75, 3.05) is 5.32 Å². The van der Waals surface area contributed by atoms with E-state index in [2.05, 4.69) is 10.3 Å². The Bertz CT molecular complexity index is 561. The third kappa shape index (κ3) is 4.11. The average molecular weight is 282 g/mol. The van der Waals surface area contributed by atoms with Crippen LogP contribution in [0.3, 0.4) is 0 Å². The van der Waals surface area contributed by atoms with E-state index in [0.717, 1.165) is 16.6 Å². The number of nitrogens with one attached hydrogen (secondary N) is 1. The quantitative estimate of drug-likeness (QED) is 0.854. The summed E-state index contributed by atoms with van der Waals surface area (Å²) in [6.07, 6.45) is -2.48. The first-order valence-electron chi connectivity index (χ1n) is 6.63. The summed E-state index contributed by atoms with van der Waals surface area (Å²) in [5, 5.41) is 4.26. The van der Waals surface area contributed by atoms with Gasteiger partial charge in [-0.2, -0.15) is 13.2 Å². The van der Waals surface area contributed by atoms with Gasteiger partial charge in [-0.15, -0.1) is 0 Å². The zero-order chi connectivity index (χ0) is 14.6. The first-order valence-corrected chi connectivity index (χ1v) is 6.63. The molecule has 2 rings (SSSR count). The van der Waals surface area contributed by atoms with Gasteiger partial charge in [-0.05, 0) is 31.9 Å². The van der Waals surface area contributed by atoms with E-state index in [1.807, 2.05) is 37.3 Å². The van der Waals surface area contributed by atoms with Crippen LogP contribution in [-0.2, 0) is 0 Å². The van der Waals surface area contributed by atoms with Crippen LogP contribution in [0, 0.1) is 0 Å². The number of benzene rings is 1. The van der Waals surface area contributed by atoms with Crippen LogP contribution in [0.1, 0.15) is 26.2 Å². The van der Waals surface area contributed by atoms with E-state index in [0.29, 0.717) is 6.42 Å². The highest BCUT2D eigenvalue weighted by Gasteiger charge is 2.26. The minimum Gasteiger partial charge on any atom is -0.381 e. The Kier molecular flexibility index (Phi) is 4.47. The number of alkyl halides is 3. The lowest BCUT2D eigenvalue weighted by Gasteiger charge is -2.16. The van der Waals surface area contributed by atoms with Crippen molar-refractivity contribution in [2.45, 2.75) is 38.4 Å². The topological polar surface area (TPSA) is 24.9 Å². The highest BCUT2D eigenvalue weighted by atomic mass is 19.4. The lowest BCUT2D eigenvalue weighted by molar-refractivity contribution is -0.135. The van der Waals surface area contributed by atoms with Gasteiger partial charge in [0.2, 0.25) is 0 Å². The smallest absolute Gasteiger partial charge is 0.381 e. The second kappa shape index (κ2) is 6.11. The highest BCUT2D eigenvalue weighted by molar-refractivity contribution is 5.90. The van der Waals surface area contributed by atoms with Crippen molar-refractivity contribution in [3.05, 3.63) is 36.5 Å². The third-order valence-electron chi connectivity index (χ3n) is 3.13. The van der Waals surface area contributed by atoms with Gasteiger partial charge in [0.05, 0.1) is 11.2 Å². The molecular weight excluding hydrogens is 265 g/mol. The Morgan fingerprint density at radius 1 is 1.20 bits per heavy atom. The Morgan fingerprint density at radius 2 is 1.95 bits per heavy atom. The molecule has 0 aliphatic rings. The molecule has 0 bridgehead atoms. The molecule has 0 saturated carbocycles. The normalized spacial score (nSPS) is 13.4. The zero-order valence-electron chi connectivity index (χ0n) is 11.2. The highest BCUT2D eigenvalue weighted by Crippen LogP contribution is 2.25. The monoisotopic (exact) mass is 282 g/mol. The number of halogens is 3. The van der Waals surface area contributed by atoms with Crippen molar-refractivity contribution in [3.8, 4) is 0 Å². The van der Waals surface area contributed by atoms with E-state index < -0.39 is 12.6 Å². The van der Waals surface area contributed by atoms with Gasteiger partial charge in [0, 0.05) is 24.0 Å². The van der Waals surface area contributed by atoms with E-state index in [9.17, 15) is 13.2 Å². The molecule has 0 aliphatic carbocycles. The molecule has 5 heteroatoms. The van der Waals surface area contributed by atoms with Gasteiger partial charge < -0.3 is 5.32 Å². The van der Waals surface area contributed by atoms with Crippen LogP contribution in [-0.4, -0.2) is 17.2 Å². The average Bonchev–Trinajstić information content (AvgIpc) is 2.37. The molecule has 0 amide bonds. The molecule has 1 N–H and O–H groups in total. The maximum Gasteiger partial charge on any atom is 0.389 e. The van der Waals surface area contributed by atoms with Crippen LogP contribution in [0.2, 0.25) is 0 Å². The van der Waals surface area contributed by atoms with E-state index >= 15 is 0 Å². The van der Waals surface area contributed by atoms with E-state index in [-0.39, 0.29) is 12.5 Å². The molecule has 1 aromatic carbocycles. The fourth-order valence-electron chi connectivity index (χ4n) is 2.17. The van der Waals surface area contributed by atoms with Gasteiger partial charge in [0.25, 0.3) is 0 Å². The molecule has 20 heavy (non-hydrogen) atoms. The number of rotatable bonds is 5. The molecule has 1 unspecified atom stereocenters. The number of fused-ring (bicyclic) bond motifs is 1. The summed E-state index contributed by atoms with van der Waals surface area (Å²) in [7, 11) is 0. The molecule has 0 saturated heterocycles. The van der Waals surface area contributed by atoms with Crippen LogP contribution < -0.4 is 5.32 Å². The fourth-order valence-corrected chi connectivity index (χ4v) is 2.17. The first-order chi connectivity index (χ1) is 9.46. The molecule has 1 heterocycles. The van der Waals surface area contributed by atoms with Gasteiger partial charge in [-0.25, -0.2) is 0 Å². The SMILES string of the molecule is CC(CCCC(F)(F)F)Nc1cccc2cccnc12. The van der Waals surface area contributed by atoms with Crippen molar-refractivity contribution >= 4 is 16.6 Å². The van der Waals surface area contributed by atoms with Gasteiger partial charge >= 0.3 is 6.18 Å². The number of anilines is 1. The Balaban J connectivity index is 1.98. The minimum atomic E-state index is -4.07. The maximum atomic E-state index is 12.1. The molecule has 0 aliphatic heterocycles. The van der Waals surface area contributed by atoms with Crippen molar-refractivity contribution in [1.82, 2.24) is 4.98 Å². The van der Waals surface area contributed by atoms with Crippen LogP contribution in [0.25, 0.3) is 10.9 Å².